The Morgan fingerprint density at radius 3 is 0.973 bits per heavy atom. The van der Waals surface area contributed by atoms with Crippen LogP contribution in [0.3, 0.4) is 0 Å². The third-order valence-electron chi connectivity index (χ3n) is 15.5. The highest BCUT2D eigenvalue weighted by Gasteiger charge is 2.18. The van der Waals surface area contributed by atoms with Gasteiger partial charge in [0.05, 0.1) is 25.4 Å². The summed E-state index contributed by atoms with van der Waals surface area (Å²) >= 11 is 0. The minimum atomic E-state index is -0.844. The number of allylic oxidation sites excluding steroid dienone is 3. The number of unbranched alkanes of at least 4 members (excludes halogenated alkanes) is 49. The van der Waals surface area contributed by atoms with Crippen LogP contribution in [0.2, 0.25) is 0 Å². The number of rotatable bonds is 62. The third kappa shape index (κ3) is 59.4. The van der Waals surface area contributed by atoms with Crippen LogP contribution in [0.25, 0.3) is 0 Å². The Kier molecular flexibility index (Phi) is 61.4. The van der Waals surface area contributed by atoms with E-state index >= 15 is 0 Å². The van der Waals surface area contributed by atoms with Gasteiger partial charge in [0, 0.05) is 12.8 Å². The van der Waals surface area contributed by atoms with E-state index in [4.69, 9.17) is 4.74 Å². The second-order valence-corrected chi connectivity index (χ2v) is 22.8. The Balaban J connectivity index is 3.35. The van der Waals surface area contributed by atoms with Crippen molar-refractivity contribution in [2.45, 2.75) is 379 Å². The van der Waals surface area contributed by atoms with Crippen LogP contribution in [0.4, 0.5) is 0 Å². The van der Waals surface area contributed by atoms with Gasteiger partial charge in [-0.2, -0.15) is 0 Å². The molecule has 432 valence electrons. The maximum Gasteiger partial charge on any atom is 0.305 e. The predicted octanol–water partition coefficient (Wildman–Crippen LogP) is 21.0. The Bertz CT molecular complexity index is 1140. The average Bonchev–Trinajstić information content (AvgIpc) is 3.39. The summed E-state index contributed by atoms with van der Waals surface area (Å²) in [6, 6.07) is -0.627. The van der Waals surface area contributed by atoms with Crippen molar-refractivity contribution in [1.82, 2.24) is 5.32 Å². The summed E-state index contributed by atoms with van der Waals surface area (Å²) in [7, 11) is 0. The molecule has 0 bridgehead atoms. The van der Waals surface area contributed by atoms with Crippen LogP contribution in [0, 0.1) is 0 Å². The van der Waals surface area contributed by atoms with Crippen molar-refractivity contribution in [2.24, 2.45) is 0 Å². The van der Waals surface area contributed by atoms with Crippen molar-refractivity contribution in [3.63, 3.8) is 0 Å². The molecular formula is C67H129NO5. The molecule has 3 N–H and O–H groups in total. The highest BCUT2D eigenvalue weighted by molar-refractivity contribution is 5.76. The molecule has 0 aromatic heterocycles. The van der Waals surface area contributed by atoms with Crippen molar-refractivity contribution in [3.8, 4) is 0 Å². The van der Waals surface area contributed by atoms with Crippen LogP contribution in [0.1, 0.15) is 367 Å². The molecule has 0 saturated heterocycles. The number of aliphatic hydroxyl groups is 2. The van der Waals surface area contributed by atoms with E-state index in [1.807, 2.05) is 6.08 Å². The van der Waals surface area contributed by atoms with Crippen molar-refractivity contribution in [3.05, 3.63) is 24.3 Å². The van der Waals surface area contributed by atoms with Gasteiger partial charge in [0.25, 0.3) is 0 Å². The molecule has 0 aromatic carbocycles. The van der Waals surface area contributed by atoms with Gasteiger partial charge in [-0.15, -0.1) is 0 Å². The van der Waals surface area contributed by atoms with Crippen LogP contribution < -0.4 is 5.32 Å². The zero-order chi connectivity index (χ0) is 52.9. The molecule has 6 nitrogen and oxygen atoms in total. The molecule has 0 saturated carbocycles. The Hall–Kier alpha value is -1.66. The lowest BCUT2D eigenvalue weighted by molar-refractivity contribution is -0.143. The Morgan fingerprint density at radius 1 is 0.370 bits per heavy atom. The molecule has 0 aliphatic rings. The van der Waals surface area contributed by atoms with E-state index < -0.39 is 12.1 Å². The number of amides is 1. The summed E-state index contributed by atoms with van der Waals surface area (Å²) in [6.45, 7) is 4.92. The number of nitrogens with one attached hydrogen (secondary N) is 1. The van der Waals surface area contributed by atoms with Crippen LogP contribution in [-0.2, 0) is 14.3 Å². The molecule has 2 atom stereocenters. The predicted molar refractivity (Wildman–Crippen MR) is 320 cm³/mol. The van der Waals surface area contributed by atoms with Gasteiger partial charge in [0.15, 0.2) is 0 Å². The number of hydrogen-bond acceptors (Lipinski definition) is 5. The Morgan fingerprint density at radius 2 is 0.644 bits per heavy atom. The van der Waals surface area contributed by atoms with Crippen LogP contribution in [0.15, 0.2) is 24.3 Å². The molecule has 0 spiro atoms. The summed E-state index contributed by atoms with van der Waals surface area (Å²) in [5, 5.41) is 23.0. The van der Waals surface area contributed by atoms with Crippen molar-refractivity contribution < 1.29 is 24.5 Å². The lowest BCUT2D eigenvalue weighted by atomic mass is 10.0. The van der Waals surface area contributed by atoms with Crippen molar-refractivity contribution in [2.75, 3.05) is 13.2 Å². The molecule has 0 aliphatic heterocycles. The van der Waals surface area contributed by atoms with Crippen LogP contribution >= 0.6 is 0 Å². The van der Waals surface area contributed by atoms with Crippen molar-refractivity contribution in [1.29, 1.82) is 0 Å². The molecule has 0 aliphatic carbocycles. The van der Waals surface area contributed by atoms with E-state index in [0.29, 0.717) is 19.4 Å². The topological polar surface area (TPSA) is 95.9 Å². The molecule has 0 heterocycles. The molecular weight excluding hydrogens is 899 g/mol. The molecule has 0 aromatic rings. The first-order valence-electron chi connectivity index (χ1n) is 33.1. The molecule has 0 radical (unpaired) electrons. The maximum absolute atomic E-state index is 12.4. The summed E-state index contributed by atoms with van der Waals surface area (Å²) in [5.41, 5.74) is 0. The molecule has 0 fully saturated rings. The molecule has 6 heteroatoms. The van der Waals surface area contributed by atoms with Crippen LogP contribution in [-0.4, -0.2) is 47.4 Å². The third-order valence-corrected chi connectivity index (χ3v) is 15.5. The summed E-state index contributed by atoms with van der Waals surface area (Å²) in [4.78, 5) is 24.5. The highest BCUT2D eigenvalue weighted by atomic mass is 16.5. The van der Waals surface area contributed by atoms with Gasteiger partial charge in [-0.1, -0.05) is 321 Å². The zero-order valence-electron chi connectivity index (χ0n) is 49.4. The number of hydrogen-bond donors (Lipinski definition) is 3. The minimum absolute atomic E-state index is 0.0191. The quantitative estimate of drug-likeness (QED) is 0.0320. The van der Waals surface area contributed by atoms with E-state index in [0.717, 1.165) is 38.5 Å². The first-order chi connectivity index (χ1) is 36.0. The summed E-state index contributed by atoms with van der Waals surface area (Å²) in [5.74, 6) is -0.0508. The number of carbonyl (C=O) groups excluding carboxylic acids is 2. The van der Waals surface area contributed by atoms with E-state index in [9.17, 15) is 19.8 Å². The van der Waals surface area contributed by atoms with Gasteiger partial charge in [0.1, 0.15) is 0 Å². The van der Waals surface area contributed by atoms with Gasteiger partial charge >= 0.3 is 5.97 Å². The normalized spacial score (nSPS) is 12.7. The van der Waals surface area contributed by atoms with Gasteiger partial charge in [-0.25, -0.2) is 0 Å². The standard InChI is InChI=1S/C67H129NO5/c1-3-5-7-9-11-13-15-16-17-18-27-31-34-37-41-45-49-53-57-61-67(72)73-62-58-54-50-46-42-38-35-32-29-26-24-22-20-19-21-23-25-28-30-33-36-40-44-48-52-56-60-66(71)68-64(63-69)65(70)59-55-51-47-43-39-14-12-10-8-6-4-2/h19,21,55,59,64-65,69-70H,3-18,20,22-54,56-58,60-63H2,1-2H3,(H,68,71)/b21-19-,59-55+. The smallest absolute Gasteiger partial charge is 0.305 e. The average molecular weight is 1030 g/mol. The summed E-state index contributed by atoms with van der Waals surface area (Å²) < 4.78 is 5.51. The number of aliphatic hydroxyl groups excluding tert-OH is 2. The molecule has 73 heavy (non-hydrogen) atoms. The first-order valence-corrected chi connectivity index (χ1v) is 33.1. The van der Waals surface area contributed by atoms with E-state index in [1.54, 1.807) is 6.08 Å². The van der Waals surface area contributed by atoms with Gasteiger partial charge in [-0.05, 0) is 57.8 Å². The number of esters is 1. The number of carbonyl (C=O) groups is 2. The lowest BCUT2D eigenvalue weighted by Gasteiger charge is -2.20. The minimum Gasteiger partial charge on any atom is -0.466 e. The molecule has 2 unspecified atom stereocenters. The fourth-order valence-corrected chi connectivity index (χ4v) is 10.4. The van der Waals surface area contributed by atoms with Gasteiger partial charge < -0.3 is 20.3 Å². The van der Waals surface area contributed by atoms with E-state index in [-0.39, 0.29) is 18.5 Å². The number of ether oxygens (including phenoxy) is 1. The second kappa shape index (κ2) is 62.9. The maximum atomic E-state index is 12.4. The Labute approximate surface area is 456 Å². The largest absolute Gasteiger partial charge is 0.466 e. The lowest BCUT2D eigenvalue weighted by Crippen LogP contribution is -2.45. The van der Waals surface area contributed by atoms with Crippen molar-refractivity contribution >= 4 is 11.9 Å². The first kappa shape index (κ1) is 71.3. The monoisotopic (exact) mass is 1030 g/mol. The fraction of sp³-hybridized carbons (Fsp3) is 0.910. The molecule has 1 amide bonds. The summed E-state index contributed by atoms with van der Waals surface area (Å²) in [6.07, 6.45) is 78.2. The van der Waals surface area contributed by atoms with E-state index in [1.165, 1.54) is 302 Å². The zero-order valence-corrected chi connectivity index (χ0v) is 49.4. The second-order valence-electron chi connectivity index (χ2n) is 22.8. The molecule has 0 rings (SSSR count). The van der Waals surface area contributed by atoms with Gasteiger partial charge in [0.2, 0.25) is 5.91 Å². The van der Waals surface area contributed by atoms with E-state index in [2.05, 4.69) is 31.3 Å². The highest BCUT2D eigenvalue weighted by Crippen LogP contribution is 2.18. The van der Waals surface area contributed by atoms with Gasteiger partial charge in [-0.3, -0.25) is 9.59 Å². The fourth-order valence-electron chi connectivity index (χ4n) is 10.4. The SMILES string of the molecule is CCCCCCCCCCC/C=C/C(O)C(CO)NC(=O)CCCCCCCCCCCC/C=C\CCCCCCCCCCCCCCOC(=O)CCCCCCCCCCCCCCCCCCCCC. The van der Waals surface area contributed by atoms with Crippen LogP contribution in [0.5, 0.6) is 0 Å².